The summed E-state index contributed by atoms with van der Waals surface area (Å²) in [5.41, 5.74) is 2.11. The molecule has 168 valence electrons. The Labute approximate surface area is 199 Å². The molecular weight excluding hydrogens is 509 g/mol. The van der Waals surface area contributed by atoms with Crippen LogP contribution in [-0.2, 0) is 26.6 Å². The van der Waals surface area contributed by atoms with Crippen molar-refractivity contribution in [2.24, 2.45) is 12.0 Å². The third-order valence-corrected chi connectivity index (χ3v) is 4.91. The van der Waals surface area contributed by atoms with E-state index in [2.05, 4.69) is 42.9 Å². The Balaban J connectivity index is 0.00000341. The van der Waals surface area contributed by atoms with Crippen LogP contribution in [-0.4, -0.2) is 39.4 Å². The summed E-state index contributed by atoms with van der Waals surface area (Å²) in [7, 11) is 3.60. The molecule has 0 aliphatic carbocycles. The van der Waals surface area contributed by atoms with Crippen LogP contribution in [0.1, 0.15) is 34.6 Å². The van der Waals surface area contributed by atoms with Gasteiger partial charge in [-0.1, -0.05) is 12.1 Å². The van der Waals surface area contributed by atoms with Crippen molar-refractivity contribution in [3.05, 3.63) is 58.8 Å². The summed E-state index contributed by atoms with van der Waals surface area (Å²) in [5, 5.41) is 14.9. The molecule has 2 aromatic heterocycles. The van der Waals surface area contributed by atoms with Gasteiger partial charge in [-0.3, -0.25) is 0 Å². The lowest BCUT2D eigenvalue weighted by molar-refractivity contribution is 0.414. The third kappa shape index (κ3) is 6.94. The van der Waals surface area contributed by atoms with Crippen molar-refractivity contribution in [1.29, 1.82) is 0 Å². The summed E-state index contributed by atoms with van der Waals surface area (Å²) in [5.74, 6) is 4.62. The summed E-state index contributed by atoms with van der Waals surface area (Å²) in [4.78, 5) is 9.06. The van der Waals surface area contributed by atoms with Gasteiger partial charge in [0.25, 0.3) is 0 Å². The first-order chi connectivity index (χ1) is 14.5. The number of guanidine groups is 1. The van der Waals surface area contributed by atoms with Crippen molar-refractivity contribution in [2.75, 3.05) is 13.7 Å². The first-order valence-electron chi connectivity index (χ1n) is 9.89. The highest BCUT2D eigenvalue weighted by molar-refractivity contribution is 14.0. The zero-order valence-corrected chi connectivity index (χ0v) is 20.9. The van der Waals surface area contributed by atoms with Crippen LogP contribution in [0.2, 0.25) is 0 Å². The summed E-state index contributed by atoms with van der Waals surface area (Å²) in [6.45, 7) is 7.34. The Morgan fingerprint density at radius 3 is 2.45 bits per heavy atom. The van der Waals surface area contributed by atoms with E-state index in [0.29, 0.717) is 24.9 Å². The molecule has 3 aromatic rings. The van der Waals surface area contributed by atoms with Crippen LogP contribution in [0.3, 0.4) is 0 Å². The van der Waals surface area contributed by atoms with E-state index in [4.69, 9.17) is 9.15 Å². The number of nitrogens with one attached hydrogen (secondary N) is 2. The number of rotatable bonds is 8. The van der Waals surface area contributed by atoms with E-state index in [-0.39, 0.29) is 24.0 Å². The zero-order chi connectivity index (χ0) is 21.5. The molecule has 0 aliphatic rings. The molecule has 0 saturated carbocycles. The van der Waals surface area contributed by atoms with Crippen LogP contribution in [0.25, 0.3) is 0 Å². The van der Waals surface area contributed by atoms with Gasteiger partial charge in [0.05, 0.1) is 19.3 Å². The number of benzene rings is 1. The van der Waals surface area contributed by atoms with Gasteiger partial charge in [-0.2, -0.15) is 0 Å². The number of hydrogen-bond donors (Lipinski definition) is 2. The van der Waals surface area contributed by atoms with Crippen LogP contribution in [0.4, 0.5) is 0 Å². The lowest BCUT2D eigenvalue weighted by atomic mass is 10.1. The van der Waals surface area contributed by atoms with Gasteiger partial charge in [0.1, 0.15) is 23.9 Å². The van der Waals surface area contributed by atoms with Crippen LogP contribution in [0.5, 0.6) is 5.75 Å². The fraction of sp³-hybridized carbons (Fsp3) is 0.429. The SMILES string of the molecule is COc1ccc(CCNC(=NCc2nnc(C)n2C)NCc2nc(C)c(C)o2)cc1.I. The molecule has 0 aliphatic heterocycles. The minimum Gasteiger partial charge on any atom is -0.497 e. The summed E-state index contributed by atoms with van der Waals surface area (Å²) < 4.78 is 12.8. The third-order valence-electron chi connectivity index (χ3n) is 4.91. The second-order valence-electron chi connectivity index (χ2n) is 7.01. The van der Waals surface area contributed by atoms with Gasteiger partial charge in [0.15, 0.2) is 11.8 Å². The smallest absolute Gasteiger partial charge is 0.214 e. The maximum absolute atomic E-state index is 5.65. The molecule has 1 aromatic carbocycles. The van der Waals surface area contributed by atoms with Crippen molar-refractivity contribution < 1.29 is 9.15 Å². The quantitative estimate of drug-likeness (QED) is 0.258. The van der Waals surface area contributed by atoms with E-state index in [1.165, 1.54) is 5.56 Å². The van der Waals surface area contributed by atoms with Crippen LogP contribution in [0, 0.1) is 20.8 Å². The predicted octanol–water partition coefficient (Wildman–Crippen LogP) is 2.83. The Bertz CT molecular complexity index is 976. The molecule has 0 fully saturated rings. The number of aromatic nitrogens is 4. The van der Waals surface area contributed by atoms with E-state index in [0.717, 1.165) is 41.8 Å². The second kappa shape index (κ2) is 11.7. The van der Waals surface area contributed by atoms with Gasteiger partial charge in [0, 0.05) is 13.6 Å². The molecule has 0 amide bonds. The summed E-state index contributed by atoms with van der Waals surface area (Å²) in [6.07, 6.45) is 0.852. The van der Waals surface area contributed by atoms with Gasteiger partial charge < -0.3 is 24.4 Å². The molecule has 2 N–H and O–H groups in total. The molecule has 0 bridgehead atoms. The molecule has 9 nitrogen and oxygen atoms in total. The monoisotopic (exact) mass is 539 g/mol. The fourth-order valence-electron chi connectivity index (χ4n) is 2.80. The van der Waals surface area contributed by atoms with E-state index in [1.54, 1.807) is 7.11 Å². The molecule has 0 spiro atoms. The van der Waals surface area contributed by atoms with E-state index in [1.807, 2.05) is 44.5 Å². The van der Waals surface area contributed by atoms with Gasteiger partial charge in [-0.25, -0.2) is 9.98 Å². The Morgan fingerprint density at radius 2 is 1.87 bits per heavy atom. The van der Waals surface area contributed by atoms with Crippen molar-refractivity contribution in [3.63, 3.8) is 0 Å². The maximum atomic E-state index is 5.65. The van der Waals surface area contributed by atoms with Gasteiger partial charge in [-0.05, 0) is 44.9 Å². The van der Waals surface area contributed by atoms with Crippen LogP contribution < -0.4 is 15.4 Å². The van der Waals surface area contributed by atoms with Crippen molar-refractivity contribution in [2.45, 2.75) is 40.3 Å². The highest BCUT2D eigenvalue weighted by Gasteiger charge is 2.08. The summed E-state index contributed by atoms with van der Waals surface area (Å²) in [6, 6.07) is 8.05. The molecule has 2 heterocycles. The number of hydrogen-bond acceptors (Lipinski definition) is 6. The number of aryl methyl sites for hydroxylation is 3. The molecule has 0 atom stereocenters. The number of nitrogens with zero attached hydrogens (tertiary/aromatic N) is 5. The van der Waals surface area contributed by atoms with E-state index >= 15 is 0 Å². The average molecular weight is 539 g/mol. The second-order valence-corrected chi connectivity index (χ2v) is 7.01. The average Bonchev–Trinajstić information content (AvgIpc) is 3.24. The number of aliphatic imine (C=N–C) groups is 1. The lowest BCUT2D eigenvalue weighted by Gasteiger charge is -2.12. The number of oxazole rings is 1. The normalized spacial score (nSPS) is 11.2. The van der Waals surface area contributed by atoms with Gasteiger partial charge in [-0.15, -0.1) is 34.2 Å². The molecule has 0 unspecified atom stereocenters. The zero-order valence-electron chi connectivity index (χ0n) is 18.6. The molecule has 3 rings (SSSR count). The highest BCUT2D eigenvalue weighted by Crippen LogP contribution is 2.11. The lowest BCUT2D eigenvalue weighted by Crippen LogP contribution is -2.38. The van der Waals surface area contributed by atoms with Crippen molar-refractivity contribution in [1.82, 2.24) is 30.4 Å². The van der Waals surface area contributed by atoms with Crippen LogP contribution >= 0.6 is 24.0 Å². The Kier molecular flexibility index (Phi) is 9.28. The topological polar surface area (TPSA) is 102 Å². The Morgan fingerprint density at radius 1 is 1.13 bits per heavy atom. The van der Waals surface area contributed by atoms with Crippen LogP contribution in [0.15, 0.2) is 33.7 Å². The number of halogens is 1. The van der Waals surface area contributed by atoms with Crippen molar-refractivity contribution in [3.8, 4) is 5.75 Å². The molecule has 0 radical (unpaired) electrons. The van der Waals surface area contributed by atoms with E-state index in [9.17, 15) is 0 Å². The largest absolute Gasteiger partial charge is 0.497 e. The fourth-order valence-corrected chi connectivity index (χ4v) is 2.80. The molecular formula is C21H30IN7O2. The first-order valence-corrected chi connectivity index (χ1v) is 9.89. The molecule has 0 saturated heterocycles. The summed E-state index contributed by atoms with van der Waals surface area (Å²) >= 11 is 0. The highest BCUT2D eigenvalue weighted by atomic mass is 127. The standard InChI is InChI=1S/C21H29N7O2.HI/c1-14-15(2)30-20(25-14)13-24-21(23-12-19-27-26-16(3)28(19)4)22-11-10-17-6-8-18(29-5)9-7-17;/h6-9H,10-13H2,1-5H3,(H2,22,23,24);1H. The molecule has 31 heavy (non-hydrogen) atoms. The minimum absolute atomic E-state index is 0. The number of methoxy groups -OCH3 is 1. The minimum atomic E-state index is 0. The molecule has 10 heteroatoms. The van der Waals surface area contributed by atoms with E-state index < -0.39 is 0 Å². The number of ether oxygens (including phenoxy) is 1. The predicted molar refractivity (Wildman–Crippen MR) is 130 cm³/mol. The van der Waals surface area contributed by atoms with Gasteiger partial charge >= 0.3 is 0 Å². The first kappa shape index (κ1) is 24.6. The van der Waals surface area contributed by atoms with Crippen molar-refractivity contribution >= 4 is 29.9 Å². The Hall–Kier alpha value is -2.63. The van der Waals surface area contributed by atoms with Gasteiger partial charge in [0.2, 0.25) is 5.89 Å². The maximum Gasteiger partial charge on any atom is 0.214 e.